The standard InChI is InChI=1S/C37H29NOSi/c39-34-25-24-27-14-10-12-22-32(27)36(34)37-33-23-13-11-15-28(33)26-35(38-37)40(29-16-4-1-5-17-29,30-18-6-2-7-19-30)31-20-8-3-9-21-31/h1-25,35,39H,26H2. The average Bonchev–Trinajstić information content (AvgIpc) is 3.03. The van der Waals surface area contributed by atoms with Crippen LogP contribution in [0.1, 0.15) is 16.7 Å². The van der Waals surface area contributed by atoms with Crippen molar-refractivity contribution in [2.75, 3.05) is 0 Å². The Hall–Kier alpha value is -4.73. The van der Waals surface area contributed by atoms with E-state index in [1.54, 1.807) is 0 Å². The van der Waals surface area contributed by atoms with E-state index in [0.29, 0.717) is 0 Å². The van der Waals surface area contributed by atoms with Gasteiger partial charge in [-0.3, -0.25) is 4.99 Å². The molecular formula is C37H29NOSi. The van der Waals surface area contributed by atoms with Gasteiger partial charge in [0.1, 0.15) is 5.75 Å². The molecule has 0 aromatic heterocycles. The number of hydrogen-bond donors (Lipinski definition) is 1. The van der Waals surface area contributed by atoms with E-state index >= 15 is 0 Å². The van der Waals surface area contributed by atoms with Crippen molar-refractivity contribution in [2.24, 2.45) is 4.99 Å². The van der Waals surface area contributed by atoms with Crippen LogP contribution < -0.4 is 15.6 Å². The van der Waals surface area contributed by atoms with Crippen LogP contribution in [0.3, 0.4) is 0 Å². The second-order valence-electron chi connectivity index (χ2n) is 10.4. The van der Waals surface area contributed by atoms with Crippen LogP contribution in [0.25, 0.3) is 10.8 Å². The summed E-state index contributed by atoms with van der Waals surface area (Å²) >= 11 is 0. The maximum absolute atomic E-state index is 11.4. The summed E-state index contributed by atoms with van der Waals surface area (Å²) in [5, 5.41) is 17.5. The highest BCUT2D eigenvalue weighted by molar-refractivity contribution is 7.12. The second kappa shape index (κ2) is 10.1. The first kappa shape index (κ1) is 24.3. The Balaban J connectivity index is 1.58. The van der Waals surface area contributed by atoms with E-state index in [1.165, 1.54) is 21.1 Å². The summed E-state index contributed by atoms with van der Waals surface area (Å²) in [6, 6.07) is 53.6. The van der Waals surface area contributed by atoms with Crippen molar-refractivity contribution in [2.45, 2.75) is 12.1 Å². The number of benzene rings is 6. The zero-order valence-electron chi connectivity index (χ0n) is 22.1. The molecule has 0 bridgehead atoms. The molecule has 6 aromatic rings. The fraction of sp³-hybridized carbons (Fsp3) is 0.0541. The molecule has 0 aliphatic carbocycles. The minimum Gasteiger partial charge on any atom is -0.507 e. The van der Waals surface area contributed by atoms with Gasteiger partial charge in [-0.15, -0.1) is 0 Å². The molecule has 7 rings (SSSR count). The number of phenols is 1. The van der Waals surface area contributed by atoms with Crippen LogP contribution in [-0.4, -0.2) is 24.6 Å². The third-order valence-corrected chi connectivity index (χ3v) is 13.4. The molecule has 1 N–H and O–H groups in total. The molecule has 0 saturated heterocycles. The van der Waals surface area contributed by atoms with E-state index in [-0.39, 0.29) is 11.4 Å². The highest BCUT2D eigenvalue weighted by Crippen LogP contribution is 2.35. The summed E-state index contributed by atoms with van der Waals surface area (Å²) in [6.07, 6.45) is 0.829. The molecule has 0 fully saturated rings. The third kappa shape index (κ3) is 3.90. The molecule has 1 atom stereocenters. The Morgan fingerprint density at radius 2 is 1.07 bits per heavy atom. The van der Waals surface area contributed by atoms with Crippen LogP contribution in [-0.2, 0) is 6.42 Å². The topological polar surface area (TPSA) is 32.6 Å². The Morgan fingerprint density at radius 3 is 1.70 bits per heavy atom. The molecule has 0 saturated carbocycles. The van der Waals surface area contributed by atoms with Crippen molar-refractivity contribution in [3.63, 3.8) is 0 Å². The Bertz CT molecular complexity index is 1730. The monoisotopic (exact) mass is 531 g/mol. The molecule has 1 aliphatic heterocycles. The zero-order chi connectivity index (χ0) is 26.9. The van der Waals surface area contributed by atoms with Gasteiger partial charge in [-0.1, -0.05) is 146 Å². The van der Waals surface area contributed by atoms with Gasteiger partial charge in [0.2, 0.25) is 0 Å². The van der Waals surface area contributed by atoms with E-state index in [1.807, 2.05) is 24.3 Å². The van der Waals surface area contributed by atoms with Gasteiger partial charge in [-0.25, -0.2) is 0 Å². The van der Waals surface area contributed by atoms with Crippen LogP contribution in [0.5, 0.6) is 5.75 Å². The van der Waals surface area contributed by atoms with Crippen molar-refractivity contribution in [1.29, 1.82) is 0 Å². The summed E-state index contributed by atoms with van der Waals surface area (Å²) in [4.78, 5) is 5.72. The molecule has 40 heavy (non-hydrogen) atoms. The second-order valence-corrected chi connectivity index (χ2v) is 14.5. The highest BCUT2D eigenvalue weighted by Gasteiger charge is 2.48. The van der Waals surface area contributed by atoms with Gasteiger partial charge in [0.25, 0.3) is 0 Å². The third-order valence-electron chi connectivity index (χ3n) is 8.30. The molecule has 1 unspecified atom stereocenters. The maximum atomic E-state index is 11.4. The van der Waals surface area contributed by atoms with Gasteiger partial charge < -0.3 is 5.11 Å². The van der Waals surface area contributed by atoms with E-state index in [9.17, 15) is 5.11 Å². The molecular weight excluding hydrogens is 502 g/mol. The summed E-state index contributed by atoms with van der Waals surface area (Å²) in [5.41, 5.74) is 4.03. The van der Waals surface area contributed by atoms with Gasteiger partial charge >= 0.3 is 0 Å². The molecule has 0 radical (unpaired) electrons. The number of aliphatic imine (C=N–C) groups is 1. The van der Waals surface area contributed by atoms with Crippen LogP contribution >= 0.6 is 0 Å². The lowest BCUT2D eigenvalue weighted by Gasteiger charge is -2.41. The first-order chi connectivity index (χ1) is 19.8. The zero-order valence-corrected chi connectivity index (χ0v) is 23.1. The van der Waals surface area contributed by atoms with Crippen LogP contribution in [0, 0.1) is 0 Å². The van der Waals surface area contributed by atoms with Crippen LogP contribution in [0.2, 0.25) is 0 Å². The van der Waals surface area contributed by atoms with Gasteiger partial charge in [0, 0.05) is 11.1 Å². The smallest absolute Gasteiger partial charge is 0.174 e. The summed E-state index contributed by atoms with van der Waals surface area (Å²) in [6.45, 7) is 0. The molecule has 2 nitrogen and oxygen atoms in total. The Morgan fingerprint density at radius 1 is 0.550 bits per heavy atom. The summed E-state index contributed by atoms with van der Waals surface area (Å²) in [5.74, 6) is 0.263. The number of rotatable bonds is 5. The van der Waals surface area contributed by atoms with Crippen LogP contribution in [0.15, 0.2) is 157 Å². The fourth-order valence-electron chi connectivity index (χ4n) is 6.55. The lowest BCUT2D eigenvalue weighted by molar-refractivity contribution is 0.475. The molecule has 6 aromatic carbocycles. The summed E-state index contributed by atoms with van der Waals surface area (Å²) < 4.78 is 0. The van der Waals surface area contributed by atoms with Crippen molar-refractivity contribution < 1.29 is 5.11 Å². The number of fused-ring (bicyclic) bond motifs is 2. The fourth-order valence-corrected chi connectivity index (χ4v) is 11.7. The van der Waals surface area contributed by atoms with Crippen molar-refractivity contribution in [1.82, 2.24) is 0 Å². The van der Waals surface area contributed by atoms with Crippen molar-refractivity contribution in [3.8, 4) is 5.75 Å². The van der Waals surface area contributed by atoms with E-state index < -0.39 is 8.07 Å². The van der Waals surface area contributed by atoms with Gasteiger partial charge in [-0.05, 0) is 44.4 Å². The molecule has 0 spiro atoms. The number of aromatic hydroxyl groups is 1. The largest absolute Gasteiger partial charge is 0.507 e. The molecule has 0 amide bonds. The number of nitrogens with zero attached hydrogens (tertiary/aromatic N) is 1. The van der Waals surface area contributed by atoms with Crippen molar-refractivity contribution in [3.05, 3.63) is 168 Å². The Labute approximate surface area is 236 Å². The predicted octanol–water partition coefficient (Wildman–Crippen LogP) is 6.02. The summed E-state index contributed by atoms with van der Waals surface area (Å²) in [7, 11) is -2.72. The predicted molar refractivity (Wildman–Crippen MR) is 169 cm³/mol. The minimum atomic E-state index is -2.72. The minimum absolute atomic E-state index is 0.0250. The van der Waals surface area contributed by atoms with Crippen molar-refractivity contribution >= 4 is 40.1 Å². The molecule has 3 heteroatoms. The maximum Gasteiger partial charge on any atom is 0.174 e. The quantitative estimate of drug-likeness (QED) is 0.214. The Kier molecular flexibility index (Phi) is 6.14. The van der Waals surface area contributed by atoms with E-state index in [0.717, 1.165) is 34.0 Å². The molecule has 1 heterocycles. The molecule has 192 valence electrons. The van der Waals surface area contributed by atoms with E-state index in [4.69, 9.17) is 4.99 Å². The average molecular weight is 532 g/mol. The first-order valence-electron chi connectivity index (χ1n) is 13.8. The number of hydrogen-bond acceptors (Lipinski definition) is 2. The highest BCUT2D eigenvalue weighted by atomic mass is 28.3. The van der Waals surface area contributed by atoms with Gasteiger partial charge in [0.15, 0.2) is 8.07 Å². The SMILES string of the molecule is Oc1ccc2ccccc2c1C1=NC([Si](c2ccccc2)(c2ccccc2)c2ccccc2)Cc2ccccc21. The lowest BCUT2D eigenvalue weighted by atomic mass is 9.90. The number of phenolic OH excluding ortho intramolecular Hbond substituents is 1. The van der Waals surface area contributed by atoms with Gasteiger partial charge in [-0.2, -0.15) is 0 Å². The lowest BCUT2D eigenvalue weighted by Crippen LogP contribution is -2.74. The van der Waals surface area contributed by atoms with Crippen LogP contribution in [0.4, 0.5) is 0 Å². The van der Waals surface area contributed by atoms with Gasteiger partial charge in [0.05, 0.1) is 11.4 Å². The molecule has 1 aliphatic rings. The first-order valence-corrected chi connectivity index (χ1v) is 15.9. The normalized spacial score (nSPS) is 14.9. The van der Waals surface area contributed by atoms with E-state index in [2.05, 4.69) is 127 Å².